The van der Waals surface area contributed by atoms with Crippen LogP contribution in [0.15, 0.2) is 18.2 Å². The van der Waals surface area contributed by atoms with Crippen LogP contribution in [-0.2, 0) is 0 Å². The summed E-state index contributed by atoms with van der Waals surface area (Å²) in [4.78, 5) is 4.09. The maximum Gasteiger partial charge on any atom is 0.184 e. The van der Waals surface area contributed by atoms with Gasteiger partial charge in [0.1, 0.15) is 6.10 Å². The smallest absolute Gasteiger partial charge is 0.184 e. The van der Waals surface area contributed by atoms with Gasteiger partial charge in [-0.1, -0.05) is 17.7 Å². The number of thiazole rings is 1. The van der Waals surface area contributed by atoms with E-state index in [0.29, 0.717) is 10.0 Å². The van der Waals surface area contributed by atoms with Crippen LogP contribution in [0.5, 0.6) is 0 Å². The third-order valence-corrected chi connectivity index (χ3v) is 3.64. The van der Waals surface area contributed by atoms with Crippen molar-refractivity contribution in [3.05, 3.63) is 28.2 Å². The first kappa shape index (κ1) is 12.7. The van der Waals surface area contributed by atoms with Crippen molar-refractivity contribution in [3.8, 4) is 0 Å². The van der Waals surface area contributed by atoms with Gasteiger partial charge in [-0.05, 0) is 24.1 Å². The second-order valence-corrected chi connectivity index (χ2v) is 5.33. The molecule has 6 heteroatoms. The third-order valence-electron chi connectivity index (χ3n) is 2.52. The molecule has 3 N–H and O–H groups in total. The minimum absolute atomic E-state index is 0.142. The van der Waals surface area contributed by atoms with E-state index in [-0.39, 0.29) is 13.0 Å². The lowest BCUT2D eigenvalue weighted by Crippen LogP contribution is -2.19. The van der Waals surface area contributed by atoms with Crippen molar-refractivity contribution in [2.75, 3.05) is 6.61 Å². The van der Waals surface area contributed by atoms with Gasteiger partial charge < -0.3 is 15.3 Å². The number of benzene rings is 1. The van der Waals surface area contributed by atoms with Crippen molar-refractivity contribution < 1.29 is 15.3 Å². The quantitative estimate of drug-likeness (QED) is 0.793. The summed E-state index contributed by atoms with van der Waals surface area (Å²) < 4.78 is 1.31. The molecular formula is C11H12ClNO3S. The average Bonchev–Trinajstić information content (AvgIpc) is 2.67. The van der Waals surface area contributed by atoms with Gasteiger partial charge in [-0.15, -0.1) is 11.3 Å². The number of aliphatic hydroxyl groups is 3. The Balaban J connectivity index is 2.28. The molecule has 2 atom stereocenters. The fourth-order valence-corrected chi connectivity index (χ4v) is 2.69. The molecule has 0 spiro atoms. The van der Waals surface area contributed by atoms with E-state index in [2.05, 4.69) is 4.98 Å². The minimum Gasteiger partial charge on any atom is -0.396 e. The second kappa shape index (κ2) is 5.29. The van der Waals surface area contributed by atoms with E-state index in [0.717, 1.165) is 10.2 Å². The number of aliphatic hydroxyl groups excluding tert-OH is 3. The molecule has 0 saturated heterocycles. The van der Waals surface area contributed by atoms with Gasteiger partial charge in [0.25, 0.3) is 0 Å². The fourth-order valence-electron chi connectivity index (χ4n) is 1.61. The van der Waals surface area contributed by atoms with Crippen molar-refractivity contribution >= 4 is 33.2 Å². The number of hydrogen-bond acceptors (Lipinski definition) is 5. The lowest BCUT2D eigenvalue weighted by atomic mass is 10.0. The van der Waals surface area contributed by atoms with E-state index < -0.39 is 12.2 Å². The molecule has 2 aromatic rings. The molecule has 0 aliphatic rings. The lowest BCUT2D eigenvalue weighted by molar-refractivity contribution is 0.00429. The van der Waals surface area contributed by atoms with E-state index in [4.69, 9.17) is 16.7 Å². The Bertz CT molecular complexity index is 516. The Morgan fingerprint density at radius 3 is 2.82 bits per heavy atom. The summed E-state index contributed by atoms with van der Waals surface area (Å²) in [7, 11) is 0. The van der Waals surface area contributed by atoms with Crippen molar-refractivity contribution in [3.63, 3.8) is 0 Å². The van der Waals surface area contributed by atoms with Gasteiger partial charge in [0.05, 0.1) is 16.3 Å². The summed E-state index contributed by atoms with van der Waals surface area (Å²) in [5.74, 6) is 0. The second-order valence-electron chi connectivity index (χ2n) is 3.72. The van der Waals surface area contributed by atoms with Crippen LogP contribution in [0.1, 0.15) is 18.1 Å². The van der Waals surface area contributed by atoms with Crippen molar-refractivity contribution in [2.24, 2.45) is 0 Å². The Labute approximate surface area is 107 Å². The Morgan fingerprint density at radius 1 is 1.35 bits per heavy atom. The highest BCUT2D eigenvalue weighted by Crippen LogP contribution is 2.29. The zero-order chi connectivity index (χ0) is 12.4. The first-order valence-corrected chi connectivity index (χ1v) is 6.34. The van der Waals surface area contributed by atoms with Crippen LogP contribution in [0.4, 0.5) is 0 Å². The first-order chi connectivity index (χ1) is 8.11. The number of rotatable bonds is 4. The minimum atomic E-state index is -1.01. The Hall–Kier alpha value is -0.720. The van der Waals surface area contributed by atoms with Crippen LogP contribution in [0.3, 0.4) is 0 Å². The van der Waals surface area contributed by atoms with E-state index in [1.54, 1.807) is 18.2 Å². The SMILES string of the molecule is OCCC(O)C(O)c1ccc2nc(Cl)sc2c1. The molecular weight excluding hydrogens is 262 g/mol. The number of halogens is 1. The Kier molecular flexibility index (Phi) is 3.96. The molecule has 1 aromatic heterocycles. The molecule has 0 bridgehead atoms. The average molecular weight is 274 g/mol. The molecule has 4 nitrogen and oxygen atoms in total. The molecule has 17 heavy (non-hydrogen) atoms. The molecule has 1 heterocycles. The van der Waals surface area contributed by atoms with Crippen LogP contribution in [0.2, 0.25) is 4.47 Å². The summed E-state index contributed by atoms with van der Waals surface area (Å²) in [5, 5.41) is 28.2. The molecule has 0 saturated carbocycles. The predicted octanol–water partition coefficient (Wildman–Crippen LogP) is 1.73. The van der Waals surface area contributed by atoms with Crippen LogP contribution < -0.4 is 0 Å². The van der Waals surface area contributed by atoms with Gasteiger partial charge >= 0.3 is 0 Å². The van der Waals surface area contributed by atoms with Crippen LogP contribution in [0.25, 0.3) is 10.2 Å². The predicted molar refractivity (Wildman–Crippen MR) is 67.3 cm³/mol. The third kappa shape index (κ3) is 2.75. The highest BCUT2D eigenvalue weighted by atomic mass is 35.5. The summed E-state index contributed by atoms with van der Waals surface area (Å²) in [6, 6.07) is 5.20. The van der Waals surface area contributed by atoms with Gasteiger partial charge in [0.2, 0.25) is 0 Å². The van der Waals surface area contributed by atoms with Gasteiger partial charge in [-0.2, -0.15) is 0 Å². The number of hydrogen-bond donors (Lipinski definition) is 3. The normalized spacial score (nSPS) is 15.1. The van der Waals surface area contributed by atoms with Gasteiger partial charge in [0, 0.05) is 6.61 Å². The summed E-state index contributed by atoms with van der Waals surface area (Å²) in [6.45, 7) is -0.160. The fraction of sp³-hybridized carbons (Fsp3) is 0.364. The monoisotopic (exact) mass is 273 g/mol. The molecule has 0 radical (unpaired) electrons. The van der Waals surface area contributed by atoms with Crippen LogP contribution in [-0.4, -0.2) is 33.0 Å². The molecule has 92 valence electrons. The topological polar surface area (TPSA) is 73.6 Å². The van der Waals surface area contributed by atoms with E-state index in [9.17, 15) is 10.2 Å². The molecule has 0 amide bonds. The highest BCUT2D eigenvalue weighted by molar-refractivity contribution is 7.22. The van der Waals surface area contributed by atoms with E-state index in [1.165, 1.54) is 11.3 Å². The van der Waals surface area contributed by atoms with Gasteiger partial charge in [-0.3, -0.25) is 0 Å². The first-order valence-electron chi connectivity index (χ1n) is 5.15. The molecule has 1 aromatic carbocycles. The maximum atomic E-state index is 9.88. The molecule has 0 aliphatic heterocycles. The van der Waals surface area contributed by atoms with Crippen molar-refractivity contribution in [2.45, 2.75) is 18.6 Å². The van der Waals surface area contributed by atoms with Crippen LogP contribution >= 0.6 is 22.9 Å². The van der Waals surface area contributed by atoms with E-state index in [1.807, 2.05) is 0 Å². The summed E-state index contributed by atoms with van der Waals surface area (Å²) in [6.07, 6.45) is -1.84. The van der Waals surface area contributed by atoms with Crippen molar-refractivity contribution in [1.82, 2.24) is 4.98 Å². The highest BCUT2D eigenvalue weighted by Gasteiger charge is 2.18. The number of aromatic nitrogens is 1. The van der Waals surface area contributed by atoms with Crippen LogP contribution in [0, 0.1) is 0 Å². The van der Waals surface area contributed by atoms with E-state index >= 15 is 0 Å². The number of fused-ring (bicyclic) bond motifs is 1. The zero-order valence-electron chi connectivity index (χ0n) is 8.88. The zero-order valence-corrected chi connectivity index (χ0v) is 10.4. The molecule has 0 fully saturated rings. The lowest BCUT2D eigenvalue weighted by Gasteiger charge is -2.17. The van der Waals surface area contributed by atoms with Crippen molar-refractivity contribution in [1.29, 1.82) is 0 Å². The molecule has 0 aliphatic carbocycles. The standard InChI is InChI=1S/C11H12ClNO3S/c12-11-13-7-2-1-6(5-9(7)17-11)10(16)8(15)3-4-14/h1-2,5,8,10,14-16H,3-4H2. The Morgan fingerprint density at radius 2 is 2.12 bits per heavy atom. The number of nitrogens with zero attached hydrogens (tertiary/aromatic N) is 1. The summed E-state index contributed by atoms with van der Waals surface area (Å²) >= 11 is 7.11. The molecule has 2 unspecified atom stereocenters. The van der Waals surface area contributed by atoms with Gasteiger partial charge in [0.15, 0.2) is 4.47 Å². The van der Waals surface area contributed by atoms with Gasteiger partial charge in [-0.25, -0.2) is 4.98 Å². The summed E-state index contributed by atoms with van der Waals surface area (Å²) in [5.41, 5.74) is 1.37. The molecule has 2 rings (SSSR count). The maximum absolute atomic E-state index is 9.88. The largest absolute Gasteiger partial charge is 0.396 e.